The lowest BCUT2D eigenvalue weighted by Gasteiger charge is -2.35. The number of hydrogen-bond acceptors (Lipinski definition) is 3. The lowest BCUT2D eigenvalue weighted by Crippen LogP contribution is -2.58. The smallest absolute Gasteiger partial charge is 0.254 e. The maximum absolute atomic E-state index is 12.9. The molecule has 23 heavy (non-hydrogen) atoms. The number of carbonyl (C=O) groups excluding carboxylic acids is 2. The van der Waals surface area contributed by atoms with Crippen molar-refractivity contribution in [3.05, 3.63) is 35.9 Å². The Morgan fingerprint density at radius 3 is 2.65 bits per heavy atom. The van der Waals surface area contributed by atoms with E-state index < -0.39 is 5.54 Å². The maximum Gasteiger partial charge on any atom is 0.254 e. The molecule has 1 saturated heterocycles. The van der Waals surface area contributed by atoms with Crippen LogP contribution in [0.1, 0.15) is 43.0 Å². The van der Waals surface area contributed by atoms with Crippen LogP contribution in [0.4, 0.5) is 0 Å². The minimum atomic E-state index is -0.783. The van der Waals surface area contributed by atoms with Gasteiger partial charge in [0.1, 0.15) is 5.54 Å². The molecule has 0 radical (unpaired) electrons. The van der Waals surface area contributed by atoms with Crippen molar-refractivity contribution in [1.82, 2.24) is 10.2 Å². The first-order valence-electron chi connectivity index (χ1n) is 8.44. The van der Waals surface area contributed by atoms with Gasteiger partial charge in [-0.3, -0.25) is 9.59 Å². The molecule has 2 unspecified atom stereocenters. The zero-order chi connectivity index (χ0) is 16.4. The van der Waals surface area contributed by atoms with E-state index in [1.54, 1.807) is 17.0 Å². The molecule has 1 aliphatic heterocycles. The zero-order valence-corrected chi connectivity index (χ0v) is 13.6. The first-order valence-corrected chi connectivity index (χ1v) is 8.44. The number of rotatable bonds is 5. The molecular formula is C18H25N3O2. The van der Waals surface area contributed by atoms with Crippen LogP contribution < -0.4 is 11.1 Å². The van der Waals surface area contributed by atoms with E-state index in [2.05, 4.69) is 5.32 Å². The third-order valence-electron chi connectivity index (χ3n) is 5.16. The monoisotopic (exact) mass is 315 g/mol. The highest BCUT2D eigenvalue weighted by Crippen LogP contribution is 2.34. The summed E-state index contributed by atoms with van der Waals surface area (Å²) in [6.07, 6.45) is 3.80. The van der Waals surface area contributed by atoms with E-state index in [9.17, 15) is 9.59 Å². The quantitative estimate of drug-likeness (QED) is 0.865. The third-order valence-corrected chi connectivity index (χ3v) is 5.16. The Bertz CT molecular complexity index is 585. The summed E-state index contributed by atoms with van der Waals surface area (Å²) in [5.41, 5.74) is 5.64. The fourth-order valence-electron chi connectivity index (χ4n) is 3.45. The number of nitrogens with one attached hydrogen (secondary N) is 1. The summed E-state index contributed by atoms with van der Waals surface area (Å²) in [4.78, 5) is 27.4. The highest BCUT2D eigenvalue weighted by atomic mass is 16.2. The summed E-state index contributed by atoms with van der Waals surface area (Å²) in [6, 6.07) is 9.20. The first kappa shape index (κ1) is 16.0. The topological polar surface area (TPSA) is 75.4 Å². The van der Waals surface area contributed by atoms with Crippen LogP contribution in [0.3, 0.4) is 0 Å². The Balaban J connectivity index is 1.75. The summed E-state index contributed by atoms with van der Waals surface area (Å²) >= 11 is 0. The van der Waals surface area contributed by atoms with Gasteiger partial charge in [-0.05, 0) is 50.7 Å². The highest BCUT2D eigenvalue weighted by Gasteiger charge is 2.47. The summed E-state index contributed by atoms with van der Waals surface area (Å²) in [7, 11) is 0. The average Bonchev–Trinajstić information content (AvgIpc) is 3.34. The van der Waals surface area contributed by atoms with Gasteiger partial charge in [0.15, 0.2) is 0 Å². The van der Waals surface area contributed by atoms with E-state index in [1.165, 1.54) is 0 Å². The SMILES string of the molecule is CC1(C(=O)NC(CN)C2CC2)CCCN1C(=O)c1ccccc1. The molecule has 1 aromatic rings. The highest BCUT2D eigenvalue weighted by molar-refractivity contribution is 5.99. The summed E-state index contributed by atoms with van der Waals surface area (Å²) < 4.78 is 0. The number of benzene rings is 1. The molecule has 1 aromatic carbocycles. The molecule has 2 amide bonds. The van der Waals surface area contributed by atoms with Crippen molar-refractivity contribution in [3.8, 4) is 0 Å². The third kappa shape index (κ3) is 3.11. The largest absolute Gasteiger partial charge is 0.350 e. The fraction of sp³-hybridized carbons (Fsp3) is 0.556. The van der Waals surface area contributed by atoms with Gasteiger partial charge in [-0.2, -0.15) is 0 Å². The van der Waals surface area contributed by atoms with Crippen molar-refractivity contribution in [2.24, 2.45) is 11.7 Å². The van der Waals surface area contributed by atoms with E-state index in [1.807, 2.05) is 25.1 Å². The van der Waals surface area contributed by atoms with E-state index in [0.717, 1.165) is 19.3 Å². The van der Waals surface area contributed by atoms with Gasteiger partial charge < -0.3 is 16.0 Å². The minimum absolute atomic E-state index is 0.0357. The normalized spacial score (nSPS) is 25.2. The number of carbonyl (C=O) groups is 2. The summed E-state index contributed by atoms with van der Waals surface area (Å²) in [5.74, 6) is 0.366. The molecule has 2 aliphatic rings. The molecule has 0 bridgehead atoms. The molecule has 1 saturated carbocycles. The van der Waals surface area contributed by atoms with Gasteiger partial charge in [-0.1, -0.05) is 18.2 Å². The Labute approximate surface area is 137 Å². The van der Waals surface area contributed by atoms with Crippen LogP contribution in [0.2, 0.25) is 0 Å². The van der Waals surface area contributed by atoms with Crippen LogP contribution in [-0.4, -0.2) is 41.4 Å². The van der Waals surface area contributed by atoms with E-state index in [4.69, 9.17) is 5.73 Å². The number of nitrogens with two attached hydrogens (primary N) is 1. The predicted molar refractivity (Wildman–Crippen MR) is 88.8 cm³/mol. The lowest BCUT2D eigenvalue weighted by molar-refractivity contribution is -0.130. The summed E-state index contributed by atoms with van der Waals surface area (Å²) in [6.45, 7) is 2.95. The minimum Gasteiger partial charge on any atom is -0.350 e. The van der Waals surface area contributed by atoms with Crippen LogP contribution in [-0.2, 0) is 4.79 Å². The van der Waals surface area contributed by atoms with Crippen molar-refractivity contribution in [3.63, 3.8) is 0 Å². The maximum atomic E-state index is 12.9. The predicted octanol–water partition coefficient (Wildman–Crippen LogP) is 1.53. The molecule has 124 valence electrons. The Kier molecular flexibility index (Phi) is 4.39. The van der Waals surface area contributed by atoms with Gasteiger partial charge >= 0.3 is 0 Å². The van der Waals surface area contributed by atoms with E-state index in [0.29, 0.717) is 31.0 Å². The van der Waals surface area contributed by atoms with Crippen LogP contribution in [0, 0.1) is 5.92 Å². The van der Waals surface area contributed by atoms with Crippen LogP contribution in [0.25, 0.3) is 0 Å². The molecular weight excluding hydrogens is 290 g/mol. The second-order valence-corrected chi connectivity index (χ2v) is 6.85. The molecule has 3 rings (SSSR count). The zero-order valence-electron chi connectivity index (χ0n) is 13.6. The number of amides is 2. The number of hydrogen-bond donors (Lipinski definition) is 2. The molecule has 2 fully saturated rings. The summed E-state index contributed by atoms with van der Waals surface area (Å²) in [5, 5.41) is 3.09. The molecule has 3 N–H and O–H groups in total. The van der Waals surface area contributed by atoms with E-state index >= 15 is 0 Å². The molecule has 2 atom stereocenters. The molecule has 5 heteroatoms. The van der Waals surface area contributed by atoms with Crippen molar-refractivity contribution in [2.45, 2.75) is 44.2 Å². The fourth-order valence-corrected chi connectivity index (χ4v) is 3.45. The van der Waals surface area contributed by atoms with E-state index in [-0.39, 0.29) is 17.9 Å². The Morgan fingerprint density at radius 2 is 2.04 bits per heavy atom. The van der Waals surface area contributed by atoms with Gasteiger partial charge in [0, 0.05) is 24.7 Å². The molecule has 0 spiro atoms. The van der Waals surface area contributed by atoms with Gasteiger partial charge in [0.2, 0.25) is 5.91 Å². The molecule has 1 heterocycles. The van der Waals surface area contributed by atoms with Crippen molar-refractivity contribution < 1.29 is 9.59 Å². The van der Waals surface area contributed by atoms with Crippen molar-refractivity contribution in [1.29, 1.82) is 0 Å². The Morgan fingerprint density at radius 1 is 1.35 bits per heavy atom. The Hall–Kier alpha value is -1.88. The molecule has 0 aromatic heterocycles. The lowest BCUT2D eigenvalue weighted by atomic mass is 9.96. The van der Waals surface area contributed by atoms with Gasteiger partial charge in [0.05, 0.1) is 0 Å². The number of likely N-dealkylation sites (tertiary alicyclic amines) is 1. The van der Waals surface area contributed by atoms with Crippen molar-refractivity contribution >= 4 is 11.8 Å². The first-order chi connectivity index (χ1) is 11.1. The van der Waals surface area contributed by atoms with Crippen LogP contribution in [0.15, 0.2) is 30.3 Å². The molecule has 5 nitrogen and oxygen atoms in total. The van der Waals surface area contributed by atoms with Crippen molar-refractivity contribution in [2.75, 3.05) is 13.1 Å². The average molecular weight is 315 g/mol. The second kappa shape index (κ2) is 6.32. The van der Waals surface area contributed by atoms with Gasteiger partial charge in [-0.15, -0.1) is 0 Å². The number of nitrogens with zero attached hydrogens (tertiary/aromatic N) is 1. The van der Waals surface area contributed by atoms with Crippen LogP contribution in [0.5, 0.6) is 0 Å². The van der Waals surface area contributed by atoms with Gasteiger partial charge in [0.25, 0.3) is 5.91 Å². The molecule has 1 aliphatic carbocycles. The van der Waals surface area contributed by atoms with Crippen LogP contribution >= 0.6 is 0 Å². The standard InChI is InChI=1S/C18H25N3O2/c1-18(17(23)20-15(12-19)13-8-9-13)10-5-11-21(18)16(22)14-6-3-2-4-7-14/h2-4,6-7,13,15H,5,8-12,19H2,1H3,(H,20,23). The van der Waals surface area contributed by atoms with Gasteiger partial charge in [-0.25, -0.2) is 0 Å². The second-order valence-electron chi connectivity index (χ2n) is 6.85.